The minimum absolute atomic E-state index is 0.0627. The second kappa shape index (κ2) is 5.34. The van der Waals surface area contributed by atoms with Crippen molar-refractivity contribution < 1.29 is 13.2 Å². The molecule has 0 saturated carbocycles. The molecule has 1 unspecified atom stereocenters. The lowest BCUT2D eigenvalue weighted by molar-refractivity contribution is -0.175. The molecule has 110 valence electrons. The van der Waals surface area contributed by atoms with Gasteiger partial charge in [-0.2, -0.15) is 13.2 Å². The first-order valence-corrected chi connectivity index (χ1v) is 6.55. The van der Waals surface area contributed by atoms with Crippen LogP contribution >= 0.6 is 0 Å². The van der Waals surface area contributed by atoms with E-state index in [1.807, 2.05) is 13.0 Å². The number of rotatable bonds is 2. The summed E-state index contributed by atoms with van der Waals surface area (Å²) >= 11 is 0. The number of nitrogen functional groups attached to an aromatic ring is 1. The van der Waals surface area contributed by atoms with Gasteiger partial charge in [0.05, 0.1) is 5.92 Å². The van der Waals surface area contributed by atoms with E-state index in [0.29, 0.717) is 24.2 Å². The number of anilines is 1. The lowest BCUT2D eigenvalue weighted by Gasteiger charge is -2.36. The number of nitrogens with two attached hydrogens (primary N) is 1. The number of hydrogen-bond donors (Lipinski definition) is 2. The molecule has 0 spiro atoms. The highest BCUT2D eigenvalue weighted by Gasteiger charge is 2.42. The Morgan fingerprint density at radius 2 is 2.10 bits per heavy atom. The Morgan fingerprint density at radius 1 is 1.40 bits per heavy atom. The summed E-state index contributed by atoms with van der Waals surface area (Å²) in [5, 5.41) is 7.59. The zero-order valence-corrected chi connectivity index (χ0v) is 11.3. The first-order valence-electron chi connectivity index (χ1n) is 6.55. The van der Waals surface area contributed by atoms with Crippen LogP contribution in [0, 0.1) is 18.3 Å². The number of aryl methyl sites for hydroxylation is 1. The van der Waals surface area contributed by atoms with Crippen LogP contribution in [-0.4, -0.2) is 25.1 Å². The van der Waals surface area contributed by atoms with E-state index in [-0.39, 0.29) is 18.8 Å². The average molecular weight is 285 g/mol. The SMILES string of the molecule is Cc1ccc(N2CCCC(C(F)(F)F)C2)c(C(=N)N)c1. The van der Waals surface area contributed by atoms with Crippen LogP contribution in [0.25, 0.3) is 0 Å². The van der Waals surface area contributed by atoms with Crippen LogP contribution < -0.4 is 10.6 Å². The minimum atomic E-state index is -4.17. The summed E-state index contributed by atoms with van der Waals surface area (Å²) in [5.41, 5.74) is 7.61. The van der Waals surface area contributed by atoms with Gasteiger partial charge < -0.3 is 10.6 Å². The summed E-state index contributed by atoms with van der Waals surface area (Å²) in [6, 6.07) is 5.33. The molecular formula is C14H18F3N3. The molecule has 3 nitrogen and oxygen atoms in total. The molecule has 1 aliphatic rings. The normalized spacial score (nSPS) is 20.0. The van der Waals surface area contributed by atoms with E-state index < -0.39 is 12.1 Å². The molecule has 1 aliphatic heterocycles. The third kappa shape index (κ3) is 3.05. The van der Waals surface area contributed by atoms with Crippen LogP contribution in [0.1, 0.15) is 24.0 Å². The van der Waals surface area contributed by atoms with Gasteiger partial charge >= 0.3 is 6.18 Å². The Labute approximate surface area is 116 Å². The number of nitrogens with zero attached hydrogens (tertiary/aromatic N) is 1. The van der Waals surface area contributed by atoms with Crippen molar-refractivity contribution in [1.82, 2.24) is 0 Å². The van der Waals surface area contributed by atoms with Crippen molar-refractivity contribution in [3.8, 4) is 0 Å². The van der Waals surface area contributed by atoms with Crippen molar-refractivity contribution in [1.29, 1.82) is 5.41 Å². The molecule has 1 fully saturated rings. The lowest BCUT2D eigenvalue weighted by Crippen LogP contribution is -2.42. The van der Waals surface area contributed by atoms with Gasteiger partial charge in [0.2, 0.25) is 0 Å². The van der Waals surface area contributed by atoms with Gasteiger partial charge in [-0.25, -0.2) is 0 Å². The van der Waals surface area contributed by atoms with Crippen molar-refractivity contribution >= 4 is 11.5 Å². The maximum absolute atomic E-state index is 12.9. The Bertz CT molecular complexity index is 511. The maximum atomic E-state index is 12.9. The second-order valence-electron chi connectivity index (χ2n) is 5.26. The quantitative estimate of drug-likeness (QED) is 0.648. The molecule has 1 heterocycles. The topological polar surface area (TPSA) is 53.1 Å². The molecule has 2 rings (SSSR count). The predicted molar refractivity (Wildman–Crippen MR) is 73.2 cm³/mol. The fraction of sp³-hybridized carbons (Fsp3) is 0.500. The predicted octanol–water partition coefficient (Wildman–Crippen LogP) is 3.06. The van der Waals surface area contributed by atoms with Gasteiger partial charge in [0.15, 0.2) is 0 Å². The van der Waals surface area contributed by atoms with Crippen molar-refractivity contribution in [3.05, 3.63) is 29.3 Å². The van der Waals surface area contributed by atoms with Crippen molar-refractivity contribution in [2.24, 2.45) is 11.7 Å². The zero-order valence-electron chi connectivity index (χ0n) is 11.3. The van der Waals surface area contributed by atoms with E-state index in [9.17, 15) is 13.2 Å². The van der Waals surface area contributed by atoms with E-state index in [2.05, 4.69) is 0 Å². The Kier molecular flexibility index (Phi) is 3.92. The molecule has 3 N–H and O–H groups in total. The van der Waals surface area contributed by atoms with Gasteiger partial charge in [-0.1, -0.05) is 11.6 Å². The van der Waals surface area contributed by atoms with Crippen molar-refractivity contribution in [2.75, 3.05) is 18.0 Å². The molecule has 6 heteroatoms. The van der Waals surface area contributed by atoms with E-state index in [1.165, 1.54) is 0 Å². The maximum Gasteiger partial charge on any atom is 0.393 e. The van der Waals surface area contributed by atoms with Gasteiger partial charge in [0.1, 0.15) is 5.84 Å². The molecule has 1 aromatic rings. The third-order valence-corrected chi connectivity index (χ3v) is 3.67. The van der Waals surface area contributed by atoms with Crippen LogP contribution in [0.4, 0.5) is 18.9 Å². The first-order chi connectivity index (χ1) is 9.29. The van der Waals surface area contributed by atoms with Crippen molar-refractivity contribution in [3.63, 3.8) is 0 Å². The van der Waals surface area contributed by atoms with Gasteiger partial charge in [-0.05, 0) is 31.9 Å². The van der Waals surface area contributed by atoms with Crippen LogP contribution in [0.15, 0.2) is 18.2 Å². The van der Waals surface area contributed by atoms with Crippen LogP contribution in [0.2, 0.25) is 0 Å². The van der Waals surface area contributed by atoms with Gasteiger partial charge in [-0.3, -0.25) is 5.41 Å². The summed E-state index contributed by atoms with van der Waals surface area (Å²) in [5.74, 6) is -1.42. The largest absolute Gasteiger partial charge is 0.393 e. The number of hydrogen-bond acceptors (Lipinski definition) is 2. The molecular weight excluding hydrogens is 267 g/mol. The first kappa shape index (κ1) is 14.7. The molecule has 20 heavy (non-hydrogen) atoms. The summed E-state index contributed by atoms with van der Waals surface area (Å²) in [6.07, 6.45) is -3.50. The molecule has 0 amide bonds. The average Bonchev–Trinajstić information content (AvgIpc) is 2.37. The van der Waals surface area contributed by atoms with Gasteiger partial charge in [-0.15, -0.1) is 0 Å². The molecule has 1 atom stereocenters. The number of benzene rings is 1. The smallest absolute Gasteiger partial charge is 0.384 e. The number of alkyl halides is 3. The van der Waals surface area contributed by atoms with Crippen molar-refractivity contribution in [2.45, 2.75) is 25.9 Å². The third-order valence-electron chi connectivity index (χ3n) is 3.67. The van der Waals surface area contributed by atoms with E-state index in [1.54, 1.807) is 17.0 Å². The monoisotopic (exact) mass is 285 g/mol. The lowest BCUT2D eigenvalue weighted by atomic mass is 9.96. The standard InChI is InChI=1S/C14H18F3N3/c1-9-4-5-12(11(7-9)13(18)19)20-6-2-3-10(8-20)14(15,16)17/h4-5,7,10H,2-3,6,8H2,1H3,(H3,18,19). The summed E-state index contributed by atoms with van der Waals surface area (Å²) in [6.45, 7) is 2.37. The van der Waals surface area contributed by atoms with Crippen LogP contribution in [0.3, 0.4) is 0 Å². The van der Waals surface area contributed by atoms with E-state index in [4.69, 9.17) is 11.1 Å². The fourth-order valence-electron chi connectivity index (χ4n) is 2.60. The molecule has 0 aliphatic carbocycles. The number of nitrogens with one attached hydrogen (secondary N) is 1. The highest BCUT2D eigenvalue weighted by molar-refractivity contribution is 6.00. The van der Waals surface area contributed by atoms with E-state index >= 15 is 0 Å². The van der Waals surface area contributed by atoms with Gasteiger partial charge in [0.25, 0.3) is 0 Å². The van der Waals surface area contributed by atoms with Gasteiger partial charge in [0, 0.05) is 24.3 Å². The number of piperidine rings is 1. The fourth-order valence-corrected chi connectivity index (χ4v) is 2.60. The molecule has 1 aromatic carbocycles. The molecule has 1 saturated heterocycles. The number of halogens is 3. The Morgan fingerprint density at radius 3 is 2.70 bits per heavy atom. The Balaban J connectivity index is 2.29. The number of amidine groups is 1. The molecule has 0 radical (unpaired) electrons. The highest BCUT2D eigenvalue weighted by atomic mass is 19.4. The highest BCUT2D eigenvalue weighted by Crippen LogP contribution is 2.35. The van der Waals surface area contributed by atoms with Crippen LogP contribution in [-0.2, 0) is 0 Å². The van der Waals surface area contributed by atoms with Crippen LogP contribution in [0.5, 0.6) is 0 Å². The Hall–Kier alpha value is -1.72. The second-order valence-corrected chi connectivity index (χ2v) is 5.26. The minimum Gasteiger partial charge on any atom is -0.384 e. The summed E-state index contributed by atoms with van der Waals surface area (Å²) < 4.78 is 38.6. The van der Waals surface area contributed by atoms with E-state index in [0.717, 1.165) is 5.56 Å². The summed E-state index contributed by atoms with van der Waals surface area (Å²) in [4.78, 5) is 1.69. The molecule has 0 bridgehead atoms. The molecule has 0 aromatic heterocycles. The summed E-state index contributed by atoms with van der Waals surface area (Å²) in [7, 11) is 0. The zero-order chi connectivity index (χ0) is 14.9.